The zero-order chi connectivity index (χ0) is 25.8. The van der Waals surface area contributed by atoms with Gasteiger partial charge in [-0.25, -0.2) is 0 Å². The highest BCUT2D eigenvalue weighted by Gasteiger charge is 2.72. The second-order valence-electron chi connectivity index (χ2n) is 10.8. The van der Waals surface area contributed by atoms with E-state index in [9.17, 15) is 19.5 Å². The molecule has 1 N–H and O–H groups in total. The number of aliphatic hydroxyl groups is 1. The van der Waals surface area contributed by atoms with Crippen LogP contribution in [0.3, 0.4) is 0 Å². The average Bonchev–Trinajstić information content (AvgIpc) is 3.15. The molecule has 1 unspecified atom stereocenters. The smallest absolute Gasteiger partial charge is 0.247 e. The topological polar surface area (TPSA) is 81.2 Å². The van der Waals surface area contributed by atoms with Crippen LogP contribution in [0.25, 0.3) is 0 Å². The molecule has 4 aliphatic rings. The number of rotatable bonds is 5. The molecule has 8 heteroatoms. The summed E-state index contributed by atoms with van der Waals surface area (Å²) >= 11 is 1.58. The number of carbonyl (C=O) groups excluding carboxylic acids is 3. The summed E-state index contributed by atoms with van der Waals surface area (Å²) in [6, 6.07) is 8.23. The SMILES string of the molecule is CC(C)[C@H](CO)N1C(=O)[C@@H]2[C@H]3C(=O)N(c4ccccc4)CC=C[C@H]3S[C@@]23C=CCN(C(C)C)C(=O)C13. The minimum absolute atomic E-state index is 0.0353. The van der Waals surface area contributed by atoms with Crippen LogP contribution in [-0.2, 0) is 14.4 Å². The summed E-state index contributed by atoms with van der Waals surface area (Å²) < 4.78 is -0.866. The molecule has 0 saturated carbocycles. The molecule has 2 saturated heterocycles. The molecule has 0 aromatic heterocycles. The summed E-state index contributed by atoms with van der Waals surface area (Å²) in [5.41, 5.74) is 0.798. The predicted octanol–water partition coefficient (Wildman–Crippen LogP) is 2.71. The lowest BCUT2D eigenvalue weighted by molar-refractivity contribution is -0.147. The molecule has 6 atom stereocenters. The van der Waals surface area contributed by atoms with Gasteiger partial charge >= 0.3 is 0 Å². The normalized spacial score (nSPS) is 32.6. The quantitative estimate of drug-likeness (QED) is 0.618. The summed E-state index contributed by atoms with van der Waals surface area (Å²) in [5, 5.41) is 10.1. The number of hydrogen-bond donors (Lipinski definition) is 1. The summed E-state index contributed by atoms with van der Waals surface area (Å²) in [6.45, 7) is 8.54. The van der Waals surface area contributed by atoms with Gasteiger partial charge in [-0.2, -0.15) is 0 Å². The molecule has 7 nitrogen and oxygen atoms in total. The second-order valence-corrected chi connectivity index (χ2v) is 12.3. The molecule has 4 heterocycles. The van der Waals surface area contributed by atoms with Crippen molar-refractivity contribution in [2.24, 2.45) is 17.8 Å². The van der Waals surface area contributed by atoms with Crippen molar-refractivity contribution in [2.45, 2.75) is 55.8 Å². The number of benzene rings is 1. The van der Waals surface area contributed by atoms with E-state index in [2.05, 4.69) is 0 Å². The van der Waals surface area contributed by atoms with Crippen molar-refractivity contribution in [1.29, 1.82) is 0 Å². The number of para-hydroxylation sites is 1. The van der Waals surface area contributed by atoms with Gasteiger partial charge in [-0.3, -0.25) is 14.4 Å². The van der Waals surface area contributed by atoms with Gasteiger partial charge in [0.25, 0.3) is 0 Å². The van der Waals surface area contributed by atoms with Crippen LogP contribution < -0.4 is 4.90 Å². The van der Waals surface area contributed by atoms with Gasteiger partial charge < -0.3 is 19.8 Å². The Bertz CT molecular complexity index is 1100. The van der Waals surface area contributed by atoms with Crippen molar-refractivity contribution in [3.05, 3.63) is 54.6 Å². The number of carbonyl (C=O) groups is 3. The van der Waals surface area contributed by atoms with E-state index < -0.39 is 28.7 Å². The van der Waals surface area contributed by atoms with Crippen molar-refractivity contribution >= 4 is 35.2 Å². The molecule has 0 bridgehead atoms. The summed E-state index contributed by atoms with van der Waals surface area (Å²) in [5.74, 6) is -1.72. The molecule has 3 amide bonds. The van der Waals surface area contributed by atoms with Crippen molar-refractivity contribution in [1.82, 2.24) is 9.80 Å². The van der Waals surface area contributed by atoms with Crippen LogP contribution >= 0.6 is 11.8 Å². The highest BCUT2D eigenvalue weighted by Crippen LogP contribution is 2.61. The molecule has 1 aromatic rings. The Kier molecular flexibility index (Phi) is 6.53. The minimum atomic E-state index is -0.866. The van der Waals surface area contributed by atoms with Crippen LogP contribution in [0.2, 0.25) is 0 Å². The zero-order valence-corrected chi connectivity index (χ0v) is 22.1. The van der Waals surface area contributed by atoms with Gasteiger partial charge in [0.15, 0.2) is 0 Å². The van der Waals surface area contributed by atoms with Gasteiger partial charge in [-0.1, -0.05) is 56.4 Å². The largest absolute Gasteiger partial charge is 0.394 e. The maximum absolute atomic E-state index is 14.3. The molecule has 0 aliphatic carbocycles. The van der Waals surface area contributed by atoms with Gasteiger partial charge in [-0.05, 0) is 31.9 Å². The number of amides is 3. The van der Waals surface area contributed by atoms with Gasteiger partial charge in [0, 0.05) is 30.1 Å². The Balaban J connectivity index is 1.65. The van der Waals surface area contributed by atoms with E-state index in [1.165, 1.54) is 0 Å². The highest BCUT2D eigenvalue weighted by atomic mass is 32.2. The van der Waals surface area contributed by atoms with E-state index in [0.717, 1.165) is 5.69 Å². The molecule has 0 radical (unpaired) electrons. The molecule has 5 rings (SSSR count). The predicted molar refractivity (Wildman–Crippen MR) is 141 cm³/mol. The van der Waals surface area contributed by atoms with E-state index in [1.807, 2.05) is 82.3 Å². The molecule has 1 aromatic carbocycles. The Morgan fingerprint density at radius 2 is 1.72 bits per heavy atom. The standard InChI is InChI=1S/C28H35N3O4S/c1-17(2)20(16-32)31-24-27(35)29(18(3)4)15-9-13-28(24)23(26(31)34)22-21(36-28)12-8-14-30(25(22)33)19-10-6-5-7-11-19/h5-13,17-18,20-24,32H,14-16H2,1-4H3/t20-,21+,22-,23-,24?,28-/m0/s1. The first-order valence-corrected chi connectivity index (χ1v) is 13.7. The fraction of sp³-hybridized carbons (Fsp3) is 0.536. The van der Waals surface area contributed by atoms with Crippen molar-refractivity contribution < 1.29 is 19.5 Å². The molecule has 2 fully saturated rings. The average molecular weight is 510 g/mol. The monoisotopic (exact) mass is 509 g/mol. The number of likely N-dealkylation sites (tertiary alicyclic amines) is 1. The molecular formula is C28H35N3O4S. The Morgan fingerprint density at radius 3 is 2.36 bits per heavy atom. The lowest BCUT2D eigenvalue weighted by Crippen LogP contribution is -2.58. The van der Waals surface area contributed by atoms with Gasteiger partial charge in [0.05, 0.1) is 29.2 Å². The van der Waals surface area contributed by atoms with Crippen LogP contribution in [0.1, 0.15) is 27.7 Å². The lowest BCUT2D eigenvalue weighted by Gasteiger charge is -2.40. The minimum Gasteiger partial charge on any atom is -0.394 e. The number of fused-ring (bicyclic) bond motifs is 2. The van der Waals surface area contributed by atoms with Crippen LogP contribution in [-0.4, -0.2) is 80.4 Å². The maximum Gasteiger partial charge on any atom is 0.247 e. The van der Waals surface area contributed by atoms with Gasteiger partial charge in [0.1, 0.15) is 6.04 Å². The Hall–Kier alpha value is -2.58. The highest BCUT2D eigenvalue weighted by molar-refractivity contribution is 8.02. The van der Waals surface area contributed by atoms with E-state index >= 15 is 0 Å². The molecule has 4 aliphatic heterocycles. The van der Waals surface area contributed by atoms with Crippen molar-refractivity contribution in [3.63, 3.8) is 0 Å². The third-order valence-electron chi connectivity index (χ3n) is 8.13. The second kappa shape index (κ2) is 9.38. The Morgan fingerprint density at radius 1 is 1.00 bits per heavy atom. The molecule has 192 valence electrons. The van der Waals surface area contributed by atoms with E-state index in [0.29, 0.717) is 13.1 Å². The van der Waals surface area contributed by atoms with E-state index in [1.54, 1.807) is 26.5 Å². The van der Waals surface area contributed by atoms with Gasteiger partial charge in [0.2, 0.25) is 17.7 Å². The molecular weight excluding hydrogens is 474 g/mol. The Labute approximate surface area is 217 Å². The van der Waals surface area contributed by atoms with E-state index in [4.69, 9.17) is 0 Å². The maximum atomic E-state index is 14.3. The summed E-state index contributed by atoms with van der Waals surface area (Å²) in [6.07, 6.45) is 8.08. The molecule has 36 heavy (non-hydrogen) atoms. The zero-order valence-electron chi connectivity index (χ0n) is 21.3. The fourth-order valence-corrected chi connectivity index (χ4v) is 8.37. The third-order valence-corrected chi connectivity index (χ3v) is 9.88. The summed E-state index contributed by atoms with van der Waals surface area (Å²) in [4.78, 5) is 47.8. The van der Waals surface area contributed by atoms with Crippen LogP contribution in [0.15, 0.2) is 54.6 Å². The van der Waals surface area contributed by atoms with Crippen molar-refractivity contribution in [2.75, 3.05) is 24.6 Å². The number of nitrogens with zero attached hydrogens (tertiary/aromatic N) is 3. The first-order valence-electron chi connectivity index (χ1n) is 12.8. The lowest BCUT2D eigenvalue weighted by atomic mass is 9.78. The number of aliphatic hydroxyl groups excluding tert-OH is 1. The van der Waals surface area contributed by atoms with Crippen LogP contribution in [0.5, 0.6) is 0 Å². The summed E-state index contributed by atoms with van der Waals surface area (Å²) in [7, 11) is 0. The van der Waals surface area contributed by atoms with Crippen LogP contribution in [0, 0.1) is 17.8 Å². The first-order chi connectivity index (χ1) is 17.2. The third kappa shape index (κ3) is 3.64. The van der Waals surface area contributed by atoms with Crippen LogP contribution in [0.4, 0.5) is 5.69 Å². The molecule has 1 spiro atoms. The first kappa shape index (κ1) is 25.1. The number of hydrogen-bond acceptors (Lipinski definition) is 5. The fourth-order valence-electron chi connectivity index (χ4n) is 6.38. The van der Waals surface area contributed by atoms with Crippen molar-refractivity contribution in [3.8, 4) is 0 Å². The van der Waals surface area contributed by atoms with Gasteiger partial charge in [-0.15, -0.1) is 11.8 Å². The number of thioether (sulfide) groups is 1. The number of anilines is 1. The van der Waals surface area contributed by atoms with E-state index in [-0.39, 0.29) is 41.5 Å².